The van der Waals surface area contributed by atoms with Gasteiger partial charge in [0.2, 0.25) is 0 Å². The third-order valence-corrected chi connectivity index (χ3v) is 4.00. The fourth-order valence-electron chi connectivity index (χ4n) is 3.18. The molecule has 0 N–H and O–H groups in total. The average molecular weight is 292 g/mol. The molecule has 6 heteroatoms. The quantitative estimate of drug-likeness (QED) is 0.407. The summed E-state index contributed by atoms with van der Waals surface area (Å²) in [6, 6.07) is 13.2. The Labute approximate surface area is 123 Å². The third-order valence-electron chi connectivity index (χ3n) is 4.00. The van der Waals surface area contributed by atoms with E-state index in [0.717, 1.165) is 5.39 Å². The van der Waals surface area contributed by atoms with Crippen molar-refractivity contribution in [2.24, 2.45) is 0 Å². The molecule has 0 unspecified atom stereocenters. The van der Waals surface area contributed by atoms with Gasteiger partial charge in [0.1, 0.15) is 0 Å². The van der Waals surface area contributed by atoms with Crippen LogP contribution in [-0.2, 0) is 0 Å². The first kappa shape index (κ1) is 12.5. The molecule has 0 spiro atoms. The van der Waals surface area contributed by atoms with Crippen LogP contribution < -0.4 is 0 Å². The molecule has 0 bridgehead atoms. The molecule has 0 amide bonds. The third kappa shape index (κ3) is 1.43. The van der Waals surface area contributed by atoms with E-state index >= 15 is 0 Å². The summed E-state index contributed by atoms with van der Waals surface area (Å²) in [5.41, 5.74) is 2.10. The molecule has 0 aromatic heterocycles. The normalized spacial score (nSPS) is 11.5. The molecular weight excluding hydrogens is 284 g/mol. The van der Waals surface area contributed by atoms with Crippen LogP contribution in [0.3, 0.4) is 0 Å². The molecule has 3 aromatic rings. The van der Waals surface area contributed by atoms with E-state index in [1.807, 2.05) is 6.07 Å². The molecule has 6 nitrogen and oxygen atoms in total. The van der Waals surface area contributed by atoms with Gasteiger partial charge in [0.15, 0.2) is 0 Å². The van der Waals surface area contributed by atoms with E-state index in [2.05, 4.69) is 0 Å². The first-order chi connectivity index (χ1) is 10.6. The molecule has 1 aliphatic carbocycles. The zero-order valence-corrected chi connectivity index (χ0v) is 11.1. The van der Waals surface area contributed by atoms with Crippen LogP contribution in [0.2, 0.25) is 0 Å². The fraction of sp³-hybridized carbons (Fsp3) is 0. The Hall–Kier alpha value is -3.28. The first-order valence-electron chi connectivity index (χ1n) is 6.58. The zero-order chi connectivity index (χ0) is 15.4. The van der Waals surface area contributed by atoms with Crippen molar-refractivity contribution < 1.29 is 9.85 Å². The number of fused-ring (bicyclic) bond motifs is 3. The number of hydrogen-bond donors (Lipinski definition) is 0. The van der Waals surface area contributed by atoms with Crippen molar-refractivity contribution in [1.82, 2.24) is 0 Å². The van der Waals surface area contributed by atoms with Gasteiger partial charge in [-0.3, -0.25) is 20.2 Å². The Kier molecular flexibility index (Phi) is 2.33. The van der Waals surface area contributed by atoms with Crippen LogP contribution in [0.15, 0.2) is 48.5 Å². The maximum Gasteiger partial charge on any atom is 0.277 e. The number of nitro groups is 2. The SMILES string of the molecule is O=[N+]([O-])c1cccc2c1-c1cccc3ccc([N+](=O)[O-])c-2c13. The van der Waals surface area contributed by atoms with Crippen molar-refractivity contribution in [1.29, 1.82) is 0 Å². The van der Waals surface area contributed by atoms with Gasteiger partial charge < -0.3 is 0 Å². The van der Waals surface area contributed by atoms with E-state index in [-0.39, 0.29) is 11.4 Å². The number of hydrogen-bond acceptors (Lipinski definition) is 4. The summed E-state index contributed by atoms with van der Waals surface area (Å²) in [5.74, 6) is 0. The second-order valence-corrected chi connectivity index (χ2v) is 5.08. The minimum absolute atomic E-state index is 0.0285. The summed E-state index contributed by atoms with van der Waals surface area (Å²) in [7, 11) is 0. The molecule has 0 heterocycles. The Balaban J connectivity index is 2.25. The Morgan fingerprint density at radius 1 is 0.682 bits per heavy atom. The maximum atomic E-state index is 11.3. The van der Waals surface area contributed by atoms with Gasteiger partial charge in [-0.1, -0.05) is 30.3 Å². The minimum atomic E-state index is -0.449. The highest BCUT2D eigenvalue weighted by atomic mass is 16.6. The molecular formula is C16H8N2O4. The summed E-state index contributed by atoms with van der Waals surface area (Å²) in [6.45, 7) is 0. The van der Waals surface area contributed by atoms with Crippen molar-refractivity contribution in [2.45, 2.75) is 0 Å². The lowest BCUT2D eigenvalue weighted by atomic mass is 10.0. The number of rotatable bonds is 2. The minimum Gasteiger partial charge on any atom is -0.258 e. The summed E-state index contributed by atoms with van der Waals surface area (Å²) >= 11 is 0. The highest BCUT2D eigenvalue weighted by molar-refractivity contribution is 6.19. The monoisotopic (exact) mass is 292 g/mol. The standard InChI is InChI=1S/C16H8N2O4/c19-17(20)12-6-2-5-11-15(12)10-4-1-3-9-7-8-13(18(21)22)16(11)14(9)10/h1-8H. The van der Waals surface area contributed by atoms with Crippen LogP contribution in [0.1, 0.15) is 0 Å². The topological polar surface area (TPSA) is 86.3 Å². The lowest BCUT2D eigenvalue weighted by molar-refractivity contribution is -0.384. The van der Waals surface area contributed by atoms with E-state index in [4.69, 9.17) is 0 Å². The molecule has 106 valence electrons. The largest absolute Gasteiger partial charge is 0.277 e. The predicted octanol–water partition coefficient (Wildman–Crippen LogP) is 4.30. The molecule has 3 aromatic carbocycles. The molecule has 0 saturated carbocycles. The van der Waals surface area contributed by atoms with Gasteiger partial charge in [0, 0.05) is 23.1 Å². The number of nitrogens with zero attached hydrogens (tertiary/aromatic N) is 2. The predicted molar refractivity (Wildman–Crippen MR) is 81.7 cm³/mol. The Morgan fingerprint density at radius 2 is 1.32 bits per heavy atom. The molecule has 0 radical (unpaired) electrons. The van der Waals surface area contributed by atoms with Crippen LogP contribution in [0.25, 0.3) is 33.0 Å². The Bertz CT molecular complexity index is 995. The van der Waals surface area contributed by atoms with Gasteiger partial charge in [-0.15, -0.1) is 0 Å². The Morgan fingerprint density at radius 3 is 2.05 bits per heavy atom. The van der Waals surface area contributed by atoms with E-state index in [0.29, 0.717) is 27.6 Å². The van der Waals surface area contributed by atoms with Crippen molar-refractivity contribution in [3.8, 4) is 22.3 Å². The molecule has 1 aliphatic rings. The van der Waals surface area contributed by atoms with Gasteiger partial charge in [-0.05, 0) is 17.0 Å². The highest BCUT2D eigenvalue weighted by Gasteiger charge is 2.33. The van der Waals surface area contributed by atoms with Crippen molar-refractivity contribution in [2.75, 3.05) is 0 Å². The summed E-state index contributed by atoms with van der Waals surface area (Å²) < 4.78 is 0. The van der Waals surface area contributed by atoms with Gasteiger partial charge >= 0.3 is 0 Å². The molecule has 22 heavy (non-hydrogen) atoms. The first-order valence-corrected chi connectivity index (χ1v) is 6.58. The van der Waals surface area contributed by atoms with E-state index in [1.54, 1.807) is 30.3 Å². The van der Waals surface area contributed by atoms with Crippen molar-refractivity contribution in [3.05, 3.63) is 68.8 Å². The smallest absolute Gasteiger partial charge is 0.258 e. The van der Waals surface area contributed by atoms with Gasteiger partial charge in [-0.2, -0.15) is 0 Å². The second kappa shape index (κ2) is 4.11. The molecule has 0 aliphatic heterocycles. The van der Waals surface area contributed by atoms with E-state index in [9.17, 15) is 20.2 Å². The van der Waals surface area contributed by atoms with Crippen molar-refractivity contribution >= 4 is 22.1 Å². The van der Waals surface area contributed by atoms with Crippen LogP contribution in [0.4, 0.5) is 11.4 Å². The van der Waals surface area contributed by atoms with Crippen LogP contribution in [-0.4, -0.2) is 9.85 Å². The molecule has 0 atom stereocenters. The van der Waals surface area contributed by atoms with Crippen LogP contribution in [0.5, 0.6) is 0 Å². The van der Waals surface area contributed by atoms with E-state index < -0.39 is 9.85 Å². The van der Waals surface area contributed by atoms with Gasteiger partial charge in [0.05, 0.1) is 21.0 Å². The summed E-state index contributed by atoms with van der Waals surface area (Å²) in [6.07, 6.45) is 0. The molecule has 0 saturated heterocycles. The van der Waals surface area contributed by atoms with Gasteiger partial charge in [0.25, 0.3) is 11.4 Å². The molecule has 0 fully saturated rings. The summed E-state index contributed by atoms with van der Waals surface area (Å²) in [5, 5.41) is 24.2. The zero-order valence-electron chi connectivity index (χ0n) is 11.1. The average Bonchev–Trinajstić information content (AvgIpc) is 2.84. The highest BCUT2D eigenvalue weighted by Crippen LogP contribution is 2.53. The number of benzene rings is 3. The fourth-order valence-corrected chi connectivity index (χ4v) is 3.18. The summed E-state index contributed by atoms with van der Waals surface area (Å²) in [4.78, 5) is 21.8. The van der Waals surface area contributed by atoms with Gasteiger partial charge in [-0.25, -0.2) is 0 Å². The molecule has 4 rings (SSSR count). The second-order valence-electron chi connectivity index (χ2n) is 5.08. The van der Waals surface area contributed by atoms with Crippen LogP contribution >= 0.6 is 0 Å². The lowest BCUT2D eigenvalue weighted by Gasteiger charge is -2.03. The maximum absolute atomic E-state index is 11.3. The lowest BCUT2D eigenvalue weighted by Crippen LogP contribution is -1.92. The number of nitro benzene ring substituents is 2. The van der Waals surface area contributed by atoms with Crippen molar-refractivity contribution in [3.63, 3.8) is 0 Å². The van der Waals surface area contributed by atoms with E-state index in [1.165, 1.54) is 12.1 Å². The van der Waals surface area contributed by atoms with Crippen LogP contribution in [0, 0.1) is 20.2 Å².